The Hall–Kier alpha value is -1.36. The second kappa shape index (κ2) is 7.28. The highest BCUT2D eigenvalue weighted by Crippen LogP contribution is 2.14. The largest absolute Gasteiger partial charge is 0.370 e. The van der Waals surface area contributed by atoms with Gasteiger partial charge in [0, 0.05) is 25.2 Å². The summed E-state index contributed by atoms with van der Waals surface area (Å²) in [6.07, 6.45) is 4.85. The summed E-state index contributed by atoms with van der Waals surface area (Å²) >= 11 is 0. The number of rotatable bonds is 7. The Morgan fingerprint density at radius 3 is 2.89 bits per heavy atom. The number of hydrogen-bond acceptors (Lipinski definition) is 5. The van der Waals surface area contributed by atoms with Crippen LogP contribution in [0.15, 0.2) is 6.07 Å². The molecule has 5 heteroatoms. The van der Waals surface area contributed by atoms with Gasteiger partial charge in [0.2, 0.25) is 0 Å². The maximum atomic E-state index is 4.45. The molecule has 5 nitrogen and oxygen atoms in total. The number of nitrogens with zero attached hydrogens (tertiary/aromatic N) is 2. The average molecular weight is 263 g/mol. The molecule has 3 N–H and O–H groups in total. The van der Waals surface area contributed by atoms with Crippen molar-refractivity contribution in [2.24, 2.45) is 0 Å². The van der Waals surface area contributed by atoms with E-state index in [1.807, 2.05) is 13.0 Å². The van der Waals surface area contributed by atoms with Crippen LogP contribution >= 0.6 is 0 Å². The van der Waals surface area contributed by atoms with Gasteiger partial charge >= 0.3 is 0 Å². The van der Waals surface area contributed by atoms with E-state index in [2.05, 4.69) is 32.8 Å². The van der Waals surface area contributed by atoms with Gasteiger partial charge in [0.15, 0.2) is 0 Å². The topological polar surface area (TPSA) is 61.9 Å². The lowest BCUT2D eigenvalue weighted by atomic mass is 10.2. The molecule has 1 aromatic rings. The molecular formula is C14H25N5. The molecule has 0 amide bonds. The van der Waals surface area contributed by atoms with Gasteiger partial charge in [-0.15, -0.1) is 0 Å². The van der Waals surface area contributed by atoms with Gasteiger partial charge in [0.05, 0.1) is 0 Å². The molecule has 0 bridgehead atoms. The minimum atomic E-state index is 0.488. The van der Waals surface area contributed by atoms with Crippen molar-refractivity contribution in [2.45, 2.75) is 45.6 Å². The normalized spacial score (nSPS) is 18.5. The fraction of sp³-hybridized carbons (Fsp3) is 0.714. The van der Waals surface area contributed by atoms with Gasteiger partial charge in [-0.05, 0) is 26.3 Å². The lowest BCUT2D eigenvalue weighted by molar-refractivity contribution is 0.741. The molecular weight excluding hydrogens is 238 g/mol. The molecule has 0 radical (unpaired) electrons. The van der Waals surface area contributed by atoms with E-state index >= 15 is 0 Å². The van der Waals surface area contributed by atoms with Crippen molar-refractivity contribution in [3.05, 3.63) is 11.9 Å². The molecule has 1 atom stereocenters. The maximum Gasteiger partial charge on any atom is 0.132 e. The van der Waals surface area contributed by atoms with Crippen LogP contribution in [-0.4, -0.2) is 35.6 Å². The van der Waals surface area contributed by atoms with Crippen LogP contribution in [0.2, 0.25) is 0 Å². The summed E-state index contributed by atoms with van der Waals surface area (Å²) in [5.41, 5.74) is 0. The monoisotopic (exact) mass is 263 g/mol. The number of aromatic nitrogens is 2. The Kier molecular flexibility index (Phi) is 5.39. The van der Waals surface area contributed by atoms with Crippen LogP contribution in [0.4, 0.5) is 11.6 Å². The summed E-state index contributed by atoms with van der Waals surface area (Å²) < 4.78 is 0. The van der Waals surface area contributed by atoms with Crippen LogP contribution < -0.4 is 16.0 Å². The minimum absolute atomic E-state index is 0.488. The molecule has 1 saturated heterocycles. The second-order valence-electron chi connectivity index (χ2n) is 5.15. The minimum Gasteiger partial charge on any atom is -0.370 e. The second-order valence-corrected chi connectivity index (χ2v) is 5.15. The highest BCUT2D eigenvalue weighted by molar-refractivity contribution is 5.48. The first-order valence-electron chi connectivity index (χ1n) is 7.34. The van der Waals surface area contributed by atoms with Gasteiger partial charge in [-0.3, -0.25) is 0 Å². The lowest BCUT2D eigenvalue weighted by Gasteiger charge is -2.14. The van der Waals surface area contributed by atoms with E-state index < -0.39 is 0 Å². The van der Waals surface area contributed by atoms with Gasteiger partial charge in [-0.1, -0.05) is 19.8 Å². The van der Waals surface area contributed by atoms with E-state index in [4.69, 9.17) is 0 Å². The first-order valence-corrected chi connectivity index (χ1v) is 7.34. The van der Waals surface area contributed by atoms with Crippen molar-refractivity contribution in [3.8, 4) is 0 Å². The SMILES string of the molecule is CCCCCNc1cc(NC2CCNC2)nc(C)n1. The van der Waals surface area contributed by atoms with Crippen molar-refractivity contribution >= 4 is 11.6 Å². The number of unbranched alkanes of at least 4 members (excludes halogenated alkanes) is 2. The molecule has 0 spiro atoms. The highest BCUT2D eigenvalue weighted by Gasteiger charge is 2.14. The third-order valence-corrected chi connectivity index (χ3v) is 3.34. The fourth-order valence-corrected chi connectivity index (χ4v) is 2.31. The first-order chi connectivity index (χ1) is 9.28. The summed E-state index contributed by atoms with van der Waals surface area (Å²) in [5.74, 6) is 2.67. The molecule has 0 saturated carbocycles. The Bertz CT molecular complexity index is 387. The third kappa shape index (κ3) is 4.67. The van der Waals surface area contributed by atoms with Crippen molar-refractivity contribution in [2.75, 3.05) is 30.3 Å². The van der Waals surface area contributed by atoms with Crippen molar-refractivity contribution < 1.29 is 0 Å². The quantitative estimate of drug-likeness (QED) is 0.658. The van der Waals surface area contributed by atoms with Gasteiger partial charge < -0.3 is 16.0 Å². The zero-order chi connectivity index (χ0) is 13.5. The molecule has 19 heavy (non-hydrogen) atoms. The molecule has 1 aliphatic heterocycles. The molecule has 1 unspecified atom stereocenters. The molecule has 1 aliphatic rings. The van der Waals surface area contributed by atoms with E-state index in [1.54, 1.807) is 0 Å². The third-order valence-electron chi connectivity index (χ3n) is 3.34. The van der Waals surface area contributed by atoms with Crippen LogP contribution in [0.3, 0.4) is 0 Å². The van der Waals surface area contributed by atoms with Crippen LogP contribution in [0.1, 0.15) is 38.4 Å². The number of aryl methyl sites for hydroxylation is 1. The Morgan fingerprint density at radius 1 is 1.32 bits per heavy atom. The van der Waals surface area contributed by atoms with Crippen LogP contribution in [0, 0.1) is 6.92 Å². The van der Waals surface area contributed by atoms with Gasteiger partial charge in [0.1, 0.15) is 17.5 Å². The summed E-state index contributed by atoms with van der Waals surface area (Å²) in [7, 11) is 0. The van der Waals surface area contributed by atoms with E-state index in [0.29, 0.717) is 6.04 Å². The molecule has 0 aliphatic carbocycles. The van der Waals surface area contributed by atoms with Crippen LogP contribution in [-0.2, 0) is 0 Å². The van der Waals surface area contributed by atoms with Crippen molar-refractivity contribution in [3.63, 3.8) is 0 Å². The van der Waals surface area contributed by atoms with Crippen LogP contribution in [0.25, 0.3) is 0 Å². The van der Waals surface area contributed by atoms with E-state index in [-0.39, 0.29) is 0 Å². The molecule has 106 valence electrons. The van der Waals surface area contributed by atoms with E-state index in [0.717, 1.165) is 43.5 Å². The Balaban J connectivity index is 1.90. The van der Waals surface area contributed by atoms with Crippen LogP contribution in [0.5, 0.6) is 0 Å². The molecule has 2 rings (SSSR count). The summed E-state index contributed by atoms with van der Waals surface area (Å²) in [6, 6.07) is 2.50. The predicted molar refractivity (Wildman–Crippen MR) is 79.7 cm³/mol. The standard InChI is InChI=1S/C14H25N5/c1-3-4-5-7-16-13-9-14(18-11(2)17-13)19-12-6-8-15-10-12/h9,12,15H,3-8,10H2,1-2H3,(H2,16,17,18,19). The van der Waals surface area contributed by atoms with E-state index in [9.17, 15) is 0 Å². The number of anilines is 2. The number of nitrogens with one attached hydrogen (secondary N) is 3. The first kappa shape index (κ1) is 14.1. The fourth-order valence-electron chi connectivity index (χ4n) is 2.31. The Morgan fingerprint density at radius 2 is 2.16 bits per heavy atom. The van der Waals surface area contributed by atoms with Gasteiger partial charge in [0.25, 0.3) is 0 Å². The maximum absolute atomic E-state index is 4.45. The van der Waals surface area contributed by atoms with Gasteiger partial charge in [-0.25, -0.2) is 9.97 Å². The zero-order valence-electron chi connectivity index (χ0n) is 12.0. The van der Waals surface area contributed by atoms with Gasteiger partial charge in [-0.2, -0.15) is 0 Å². The summed E-state index contributed by atoms with van der Waals surface area (Å²) in [5, 5.41) is 10.2. The van der Waals surface area contributed by atoms with Crippen molar-refractivity contribution in [1.82, 2.24) is 15.3 Å². The summed E-state index contributed by atoms with van der Waals surface area (Å²) in [4.78, 5) is 8.88. The lowest BCUT2D eigenvalue weighted by Crippen LogP contribution is -2.23. The molecule has 0 aromatic carbocycles. The highest BCUT2D eigenvalue weighted by atomic mass is 15.1. The van der Waals surface area contributed by atoms with E-state index in [1.165, 1.54) is 19.3 Å². The number of hydrogen-bond donors (Lipinski definition) is 3. The average Bonchev–Trinajstić information content (AvgIpc) is 2.87. The molecule has 2 heterocycles. The molecule has 1 fully saturated rings. The zero-order valence-corrected chi connectivity index (χ0v) is 12.0. The smallest absolute Gasteiger partial charge is 0.132 e. The van der Waals surface area contributed by atoms with Crippen molar-refractivity contribution in [1.29, 1.82) is 0 Å². The summed E-state index contributed by atoms with van der Waals surface area (Å²) in [6.45, 7) is 7.24. The predicted octanol–water partition coefficient (Wildman–Crippen LogP) is 2.16. The molecule has 1 aromatic heterocycles. The Labute approximate surface area is 115 Å².